The molecule has 2 aromatic carbocycles. The number of benzene rings is 2. The van der Waals surface area contributed by atoms with Crippen molar-refractivity contribution in [2.75, 3.05) is 18.4 Å². The van der Waals surface area contributed by atoms with Crippen LogP contribution in [0.3, 0.4) is 0 Å². The number of nitrogens with one attached hydrogen (secondary N) is 2. The van der Waals surface area contributed by atoms with Crippen LogP contribution in [0.5, 0.6) is 0 Å². The highest BCUT2D eigenvalue weighted by Gasteiger charge is 2.34. The van der Waals surface area contributed by atoms with Gasteiger partial charge in [-0.1, -0.05) is 31.7 Å². The lowest BCUT2D eigenvalue weighted by Gasteiger charge is -2.36. The second-order valence-electron chi connectivity index (χ2n) is 8.48. The highest BCUT2D eigenvalue weighted by molar-refractivity contribution is 7.89. The van der Waals surface area contributed by atoms with Crippen LogP contribution in [0.15, 0.2) is 70.5 Å². The third-order valence-corrected chi connectivity index (χ3v) is 8.06. The van der Waals surface area contributed by atoms with Crippen molar-refractivity contribution >= 4 is 38.5 Å². The third kappa shape index (κ3) is 4.62. The quantitative estimate of drug-likeness (QED) is 0.522. The van der Waals surface area contributed by atoms with Gasteiger partial charge >= 0.3 is 0 Å². The molecule has 4 rings (SSSR count). The largest absolute Gasteiger partial charge is 0.451 e. The number of carbonyl (C=O) groups is 2. The molecule has 1 aliphatic heterocycles. The van der Waals surface area contributed by atoms with Crippen LogP contribution in [0.25, 0.3) is 11.0 Å². The Morgan fingerprint density at radius 1 is 1.15 bits per heavy atom. The van der Waals surface area contributed by atoms with E-state index in [4.69, 9.17) is 4.42 Å². The van der Waals surface area contributed by atoms with Crippen molar-refractivity contribution in [1.29, 1.82) is 0 Å². The second-order valence-corrected chi connectivity index (χ2v) is 10.4. The molecule has 1 aliphatic rings. The molecule has 178 valence electrons. The van der Waals surface area contributed by atoms with Crippen LogP contribution in [-0.4, -0.2) is 43.7 Å². The van der Waals surface area contributed by atoms with Crippen LogP contribution in [0.4, 0.5) is 5.69 Å². The number of furan rings is 1. The van der Waals surface area contributed by atoms with Gasteiger partial charge in [0.1, 0.15) is 5.58 Å². The van der Waals surface area contributed by atoms with Gasteiger partial charge in [-0.2, -0.15) is 4.31 Å². The fraction of sp³-hybridized carbons (Fsp3) is 0.280. The van der Waals surface area contributed by atoms with Crippen LogP contribution >= 0.6 is 0 Å². The summed E-state index contributed by atoms with van der Waals surface area (Å²) in [5, 5.41) is 6.49. The maximum Gasteiger partial charge on any atom is 0.291 e. The molecular formula is C25H27N3O5S. The summed E-state index contributed by atoms with van der Waals surface area (Å²) in [6.07, 6.45) is 1.73. The first kappa shape index (κ1) is 23.7. The zero-order valence-corrected chi connectivity index (χ0v) is 19.9. The molecule has 1 fully saturated rings. The molecule has 2 heterocycles. The normalized spacial score (nSPS) is 19.0. The summed E-state index contributed by atoms with van der Waals surface area (Å²) in [5.41, 5.74) is 1.84. The summed E-state index contributed by atoms with van der Waals surface area (Å²) in [4.78, 5) is 24.5. The Morgan fingerprint density at radius 3 is 2.50 bits per heavy atom. The summed E-state index contributed by atoms with van der Waals surface area (Å²) >= 11 is 0. The maximum atomic E-state index is 13.1. The Kier molecular flexibility index (Phi) is 6.58. The SMILES string of the molecule is C=CC(=O)NC1CCN(S(=O)(=O)c2ccc(NC(=O)c3oc4ccccc4c3C)cc2)CC1C. The van der Waals surface area contributed by atoms with Crippen LogP contribution in [0.2, 0.25) is 0 Å². The van der Waals surface area contributed by atoms with Crippen molar-refractivity contribution in [3.05, 3.63) is 72.5 Å². The van der Waals surface area contributed by atoms with Crippen molar-refractivity contribution in [1.82, 2.24) is 9.62 Å². The molecule has 0 aliphatic carbocycles. The molecule has 9 heteroatoms. The van der Waals surface area contributed by atoms with E-state index in [0.717, 1.165) is 10.9 Å². The Labute approximate surface area is 198 Å². The topological polar surface area (TPSA) is 109 Å². The summed E-state index contributed by atoms with van der Waals surface area (Å²) in [7, 11) is -3.70. The van der Waals surface area contributed by atoms with Gasteiger partial charge in [-0.25, -0.2) is 8.42 Å². The number of rotatable bonds is 6. The molecule has 0 bridgehead atoms. The van der Waals surface area contributed by atoms with Crippen LogP contribution in [0, 0.1) is 12.8 Å². The average Bonchev–Trinajstić information content (AvgIpc) is 3.17. The van der Waals surface area contributed by atoms with Crippen molar-refractivity contribution in [3.8, 4) is 0 Å². The number of piperidine rings is 1. The summed E-state index contributed by atoms with van der Waals surface area (Å²) < 4.78 is 33.4. The molecule has 8 nitrogen and oxygen atoms in total. The van der Waals surface area contributed by atoms with Crippen LogP contribution in [0.1, 0.15) is 29.5 Å². The maximum absolute atomic E-state index is 13.1. The number of anilines is 1. The van der Waals surface area contributed by atoms with E-state index in [-0.39, 0.29) is 28.5 Å². The zero-order chi connectivity index (χ0) is 24.5. The molecule has 1 aromatic heterocycles. The van der Waals surface area contributed by atoms with E-state index >= 15 is 0 Å². The standard InChI is InChI=1S/C25H27N3O5S/c1-4-23(29)27-21-13-14-28(15-16(21)2)34(31,32)19-11-9-18(10-12-19)26-25(30)24-17(3)20-7-5-6-8-22(20)33-24/h4-12,16,21H,1,13-15H2,2-3H3,(H,26,30)(H,27,29). The molecule has 2 atom stereocenters. The zero-order valence-electron chi connectivity index (χ0n) is 19.1. The first-order valence-corrected chi connectivity index (χ1v) is 12.5. The first-order chi connectivity index (χ1) is 16.2. The van der Waals surface area contributed by atoms with E-state index < -0.39 is 15.9 Å². The van der Waals surface area contributed by atoms with Crippen LogP contribution < -0.4 is 10.6 Å². The van der Waals surface area contributed by atoms with E-state index in [2.05, 4.69) is 17.2 Å². The molecule has 0 saturated carbocycles. The molecule has 34 heavy (non-hydrogen) atoms. The number of hydrogen-bond acceptors (Lipinski definition) is 5. The van der Waals surface area contributed by atoms with Crippen molar-refractivity contribution < 1.29 is 22.4 Å². The van der Waals surface area contributed by atoms with Gasteiger partial charge in [0.15, 0.2) is 5.76 Å². The predicted octanol–water partition coefficient (Wildman–Crippen LogP) is 3.69. The molecule has 2 N–H and O–H groups in total. The molecule has 2 unspecified atom stereocenters. The number of amides is 2. The highest BCUT2D eigenvalue weighted by Crippen LogP contribution is 2.27. The smallest absolute Gasteiger partial charge is 0.291 e. The Bertz CT molecular complexity index is 1340. The summed E-state index contributed by atoms with van der Waals surface area (Å²) in [6.45, 7) is 7.79. The Balaban J connectivity index is 1.44. The monoisotopic (exact) mass is 481 g/mol. The fourth-order valence-corrected chi connectivity index (χ4v) is 5.78. The van der Waals surface area contributed by atoms with Gasteiger partial charge in [0, 0.05) is 35.8 Å². The lowest BCUT2D eigenvalue weighted by molar-refractivity contribution is -0.117. The number of nitrogens with zero attached hydrogens (tertiary/aromatic N) is 1. The summed E-state index contributed by atoms with van der Waals surface area (Å²) in [6, 6.07) is 13.4. The van der Waals surface area contributed by atoms with Crippen molar-refractivity contribution in [3.63, 3.8) is 0 Å². The van der Waals surface area contributed by atoms with Crippen molar-refractivity contribution in [2.24, 2.45) is 5.92 Å². The molecule has 3 aromatic rings. The Morgan fingerprint density at radius 2 is 1.85 bits per heavy atom. The van der Waals surface area contributed by atoms with Gasteiger partial charge in [0.25, 0.3) is 5.91 Å². The number of aryl methyl sites for hydroxylation is 1. The predicted molar refractivity (Wildman–Crippen MR) is 130 cm³/mol. The van der Waals surface area contributed by atoms with E-state index in [1.807, 2.05) is 32.0 Å². The molecule has 1 saturated heterocycles. The van der Waals surface area contributed by atoms with E-state index in [1.165, 1.54) is 22.5 Å². The first-order valence-electron chi connectivity index (χ1n) is 11.0. The van der Waals surface area contributed by atoms with Gasteiger partial charge in [0.2, 0.25) is 15.9 Å². The van der Waals surface area contributed by atoms with Gasteiger partial charge in [-0.05, 0) is 55.7 Å². The number of sulfonamides is 1. The second kappa shape index (κ2) is 9.44. The highest BCUT2D eigenvalue weighted by atomic mass is 32.2. The molecule has 0 spiro atoms. The number of carbonyl (C=O) groups excluding carboxylic acids is 2. The molecular weight excluding hydrogens is 454 g/mol. The van der Waals surface area contributed by atoms with Crippen LogP contribution in [-0.2, 0) is 14.8 Å². The lowest BCUT2D eigenvalue weighted by Crippen LogP contribution is -2.51. The summed E-state index contributed by atoms with van der Waals surface area (Å²) in [5.74, 6) is -0.484. The minimum Gasteiger partial charge on any atom is -0.451 e. The van der Waals surface area contributed by atoms with E-state index in [0.29, 0.717) is 30.8 Å². The third-order valence-electron chi connectivity index (χ3n) is 6.18. The van der Waals surface area contributed by atoms with Gasteiger partial charge in [-0.15, -0.1) is 0 Å². The lowest BCUT2D eigenvalue weighted by atomic mass is 9.95. The minimum atomic E-state index is -3.70. The van der Waals surface area contributed by atoms with Gasteiger partial charge < -0.3 is 15.1 Å². The average molecular weight is 482 g/mol. The molecule has 0 radical (unpaired) electrons. The minimum absolute atomic E-state index is 0.0435. The van der Waals surface area contributed by atoms with E-state index in [1.54, 1.807) is 18.2 Å². The fourth-order valence-electron chi connectivity index (χ4n) is 4.22. The van der Waals surface area contributed by atoms with Crippen molar-refractivity contribution in [2.45, 2.75) is 31.2 Å². The van der Waals surface area contributed by atoms with Gasteiger partial charge in [0.05, 0.1) is 4.90 Å². The number of para-hydroxylation sites is 1. The number of hydrogen-bond donors (Lipinski definition) is 2. The van der Waals surface area contributed by atoms with Gasteiger partial charge in [-0.3, -0.25) is 9.59 Å². The Hall–Kier alpha value is -3.43. The van der Waals surface area contributed by atoms with E-state index in [9.17, 15) is 18.0 Å². The molecule has 2 amide bonds. The number of fused-ring (bicyclic) bond motifs is 1.